The highest BCUT2D eigenvalue weighted by Crippen LogP contribution is 2.27. The third-order valence-corrected chi connectivity index (χ3v) is 4.35. The highest BCUT2D eigenvalue weighted by Gasteiger charge is 2.07. The summed E-state index contributed by atoms with van der Waals surface area (Å²) in [6.07, 6.45) is 1.55. The number of hydrogen-bond acceptors (Lipinski definition) is 4. The summed E-state index contributed by atoms with van der Waals surface area (Å²) < 4.78 is 19.4. The Morgan fingerprint density at radius 1 is 0.963 bits per heavy atom. The van der Waals surface area contributed by atoms with Gasteiger partial charge in [-0.05, 0) is 48.9 Å². The Kier molecular flexibility index (Phi) is 4.66. The molecule has 0 saturated heterocycles. The number of aromatic nitrogens is 2. The Balaban J connectivity index is 1.52. The van der Waals surface area contributed by atoms with Gasteiger partial charge < -0.3 is 10.1 Å². The second kappa shape index (κ2) is 7.41. The van der Waals surface area contributed by atoms with Gasteiger partial charge in [0.15, 0.2) is 0 Å². The van der Waals surface area contributed by atoms with Crippen LogP contribution in [0.25, 0.3) is 10.9 Å². The fraction of sp³-hybridized carbons (Fsp3) is 0.0909. The normalized spacial score (nSPS) is 10.7. The Hall–Kier alpha value is -3.47. The van der Waals surface area contributed by atoms with E-state index in [1.807, 2.05) is 49.4 Å². The lowest BCUT2D eigenvalue weighted by atomic mass is 10.1. The second-order valence-electron chi connectivity index (χ2n) is 6.22. The predicted molar refractivity (Wildman–Crippen MR) is 105 cm³/mol. The van der Waals surface area contributed by atoms with Gasteiger partial charge in [-0.15, -0.1) is 0 Å². The first-order chi connectivity index (χ1) is 13.2. The van der Waals surface area contributed by atoms with Crippen molar-refractivity contribution >= 4 is 22.4 Å². The molecule has 0 aliphatic carbocycles. The number of fused-ring (bicyclic) bond motifs is 1. The first-order valence-corrected chi connectivity index (χ1v) is 8.64. The summed E-state index contributed by atoms with van der Waals surface area (Å²) in [5, 5.41) is 4.32. The molecule has 4 nitrogen and oxygen atoms in total. The third-order valence-electron chi connectivity index (χ3n) is 4.35. The minimum atomic E-state index is -0.261. The molecule has 0 fully saturated rings. The number of rotatable bonds is 5. The van der Waals surface area contributed by atoms with Crippen LogP contribution in [0.2, 0.25) is 0 Å². The summed E-state index contributed by atoms with van der Waals surface area (Å²) >= 11 is 0. The van der Waals surface area contributed by atoms with Crippen molar-refractivity contribution in [3.8, 4) is 5.75 Å². The molecule has 0 amide bonds. The van der Waals surface area contributed by atoms with Crippen LogP contribution < -0.4 is 10.1 Å². The Bertz CT molecular complexity index is 1090. The van der Waals surface area contributed by atoms with Gasteiger partial charge >= 0.3 is 0 Å². The minimum Gasteiger partial charge on any atom is -0.489 e. The molecule has 0 spiro atoms. The van der Waals surface area contributed by atoms with E-state index in [0.717, 1.165) is 28.0 Å². The van der Waals surface area contributed by atoms with E-state index < -0.39 is 0 Å². The maximum absolute atomic E-state index is 13.7. The molecule has 1 heterocycles. The molecule has 1 N–H and O–H groups in total. The Morgan fingerprint density at radius 3 is 2.63 bits per heavy atom. The number of benzene rings is 3. The lowest BCUT2D eigenvalue weighted by Crippen LogP contribution is -2.00. The van der Waals surface area contributed by atoms with Gasteiger partial charge in [0.05, 0.1) is 5.52 Å². The van der Waals surface area contributed by atoms with Crippen molar-refractivity contribution < 1.29 is 9.13 Å². The number of para-hydroxylation sites is 1. The van der Waals surface area contributed by atoms with Crippen LogP contribution in [-0.4, -0.2) is 9.97 Å². The Morgan fingerprint density at radius 2 is 1.78 bits per heavy atom. The summed E-state index contributed by atoms with van der Waals surface area (Å²) in [5.74, 6) is 1.18. The molecule has 5 heteroatoms. The largest absolute Gasteiger partial charge is 0.489 e. The topological polar surface area (TPSA) is 47.0 Å². The molecule has 0 atom stereocenters. The van der Waals surface area contributed by atoms with E-state index >= 15 is 0 Å². The number of nitrogens with one attached hydrogen (secondary N) is 1. The van der Waals surface area contributed by atoms with E-state index in [1.165, 1.54) is 6.07 Å². The molecule has 0 aliphatic heterocycles. The van der Waals surface area contributed by atoms with Gasteiger partial charge in [-0.25, -0.2) is 14.4 Å². The van der Waals surface area contributed by atoms with E-state index in [9.17, 15) is 4.39 Å². The van der Waals surface area contributed by atoms with Crippen LogP contribution in [0.4, 0.5) is 15.9 Å². The van der Waals surface area contributed by atoms with Gasteiger partial charge in [0.25, 0.3) is 0 Å². The summed E-state index contributed by atoms with van der Waals surface area (Å²) in [5.41, 5.74) is 3.35. The molecule has 27 heavy (non-hydrogen) atoms. The van der Waals surface area contributed by atoms with E-state index in [4.69, 9.17) is 4.74 Å². The number of hydrogen-bond donors (Lipinski definition) is 1. The van der Waals surface area contributed by atoms with Gasteiger partial charge in [-0.1, -0.05) is 30.3 Å². The fourth-order valence-corrected chi connectivity index (χ4v) is 2.87. The van der Waals surface area contributed by atoms with Crippen LogP contribution >= 0.6 is 0 Å². The molecule has 0 radical (unpaired) electrons. The summed E-state index contributed by atoms with van der Waals surface area (Å²) in [7, 11) is 0. The smallest absolute Gasteiger partial charge is 0.141 e. The molecule has 0 bridgehead atoms. The third kappa shape index (κ3) is 3.72. The SMILES string of the molecule is Cc1cc(OCc2ccccc2F)ccc1Nc1ncnc2ccccc12. The van der Waals surface area contributed by atoms with Crippen LogP contribution in [0, 0.1) is 12.7 Å². The Labute approximate surface area is 156 Å². The monoisotopic (exact) mass is 359 g/mol. The van der Waals surface area contributed by atoms with Crippen molar-refractivity contribution in [1.82, 2.24) is 9.97 Å². The molecule has 1 aromatic heterocycles. The predicted octanol–water partition coefficient (Wildman–Crippen LogP) is 5.40. The average molecular weight is 359 g/mol. The molecule has 4 rings (SSSR count). The number of nitrogens with zero attached hydrogens (tertiary/aromatic N) is 2. The summed E-state index contributed by atoms with van der Waals surface area (Å²) in [6.45, 7) is 2.18. The molecule has 0 saturated carbocycles. The number of halogens is 1. The van der Waals surface area contributed by atoms with Crippen LogP contribution in [0.3, 0.4) is 0 Å². The van der Waals surface area contributed by atoms with E-state index in [1.54, 1.807) is 24.5 Å². The van der Waals surface area contributed by atoms with Gasteiger partial charge in [0.1, 0.15) is 30.3 Å². The number of ether oxygens (including phenoxy) is 1. The first kappa shape index (κ1) is 17.0. The lowest BCUT2D eigenvalue weighted by Gasteiger charge is -2.13. The number of aryl methyl sites for hydroxylation is 1. The molecule has 3 aromatic carbocycles. The highest BCUT2D eigenvalue weighted by atomic mass is 19.1. The number of anilines is 2. The van der Waals surface area contributed by atoms with Crippen LogP contribution in [-0.2, 0) is 6.61 Å². The highest BCUT2D eigenvalue weighted by molar-refractivity contribution is 5.90. The molecular weight excluding hydrogens is 341 g/mol. The zero-order valence-electron chi connectivity index (χ0n) is 14.8. The summed E-state index contributed by atoms with van der Waals surface area (Å²) in [6, 6.07) is 20.2. The van der Waals surface area contributed by atoms with E-state index in [0.29, 0.717) is 11.3 Å². The van der Waals surface area contributed by atoms with Gasteiger partial charge in [0, 0.05) is 16.6 Å². The first-order valence-electron chi connectivity index (χ1n) is 8.64. The molecule has 0 unspecified atom stereocenters. The van der Waals surface area contributed by atoms with E-state index in [-0.39, 0.29) is 12.4 Å². The van der Waals surface area contributed by atoms with Gasteiger partial charge in [-0.3, -0.25) is 0 Å². The zero-order valence-corrected chi connectivity index (χ0v) is 14.8. The van der Waals surface area contributed by atoms with E-state index in [2.05, 4.69) is 15.3 Å². The zero-order chi connectivity index (χ0) is 18.6. The van der Waals surface area contributed by atoms with Crippen molar-refractivity contribution in [1.29, 1.82) is 0 Å². The molecule has 4 aromatic rings. The maximum Gasteiger partial charge on any atom is 0.141 e. The van der Waals surface area contributed by atoms with Crippen LogP contribution in [0.1, 0.15) is 11.1 Å². The van der Waals surface area contributed by atoms with Crippen LogP contribution in [0.5, 0.6) is 5.75 Å². The van der Waals surface area contributed by atoms with Crippen molar-refractivity contribution in [2.45, 2.75) is 13.5 Å². The van der Waals surface area contributed by atoms with Gasteiger partial charge in [-0.2, -0.15) is 0 Å². The lowest BCUT2D eigenvalue weighted by molar-refractivity contribution is 0.299. The van der Waals surface area contributed by atoms with Crippen molar-refractivity contribution in [2.75, 3.05) is 5.32 Å². The fourth-order valence-electron chi connectivity index (χ4n) is 2.87. The standard InChI is InChI=1S/C22H18FN3O/c1-15-12-17(27-13-16-6-2-4-8-19(16)23)10-11-20(15)26-22-18-7-3-5-9-21(18)24-14-25-22/h2-12,14H,13H2,1H3,(H,24,25,26). The van der Waals surface area contributed by atoms with Crippen molar-refractivity contribution in [3.05, 3.63) is 90.0 Å². The van der Waals surface area contributed by atoms with Crippen LogP contribution in [0.15, 0.2) is 73.1 Å². The molecule has 134 valence electrons. The quantitative estimate of drug-likeness (QED) is 0.518. The minimum absolute atomic E-state index is 0.190. The van der Waals surface area contributed by atoms with Crippen molar-refractivity contribution in [3.63, 3.8) is 0 Å². The summed E-state index contributed by atoms with van der Waals surface area (Å²) in [4.78, 5) is 8.63. The van der Waals surface area contributed by atoms with Crippen molar-refractivity contribution in [2.24, 2.45) is 0 Å². The maximum atomic E-state index is 13.7. The molecular formula is C22H18FN3O. The molecule has 0 aliphatic rings. The second-order valence-corrected chi connectivity index (χ2v) is 6.22. The average Bonchev–Trinajstić information content (AvgIpc) is 2.69. The van der Waals surface area contributed by atoms with Gasteiger partial charge in [0.2, 0.25) is 0 Å².